The number of aliphatic carboxylic acids is 1. The first-order valence-electron chi connectivity index (χ1n) is 7.58. The maximum Gasteiger partial charge on any atom is 0.332 e. The first-order chi connectivity index (χ1) is 10.9. The molecule has 120 valence electrons. The lowest BCUT2D eigenvalue weighted by molar-refractivity contribution is -0.133. The van der Waals surface area contributed by atoms with Crippen LogP contribution in [0.3, 0.4) is 0 Å². The van der Waals surface area contributed by atoms with E-state index in [0.29, 0.717) is 12.2 Å². The highest BCUT2D eigenvalue weighted by molar-refractivity contribution is 5.93. The van der Waals surface area contributed by atoms with Crippen LogP contribution in [0.25, 0.3) is 6.08 Å². The summed E-state index contributed by atoms with van der Waals surface area (Å²) in [5.41, 5.74) is 1.94. The largest absolute Gasteiger partial charge is 0.489 e. The van der Waals surface area contributed by atoms with Crippen LogP contribution in [0.1, 0.15) is 31.9 Å². The molecular weight excluding hydrogens is 288 g/mol. The predicted octanol–water partition coefficient (Wildman–Crippen LogP) is 4.78. The van der Waals surface area contributed by atoms with Crippen LogP contribution in [0.15, 0.2) is 60.2 Å². The molecule has 3 heteroatoms. The summed E-state index contributed by atoms with van der Waals surface area (Å²) in [6.07, 6.45) is 1.71. The van der Waals surface area contributed by atoms with Gasteiger partial charge in [-0.2, -0.15) is 0 Å². The lowest BCUT2D eigenvalue weighted by Crippen LogP contribution is -2.17. The van der Waals surface area contributed by atoms with Crippen LogP contribution in [0.5, 0.6) is 5.75 Å². The number of carbonyl (C=O) groups is 1. The van der Waals surface area contributed by atoms with Crippen LogP contribution in [0.4, 0.5) is 0 Å². The van der Waals surface area contributed by atoms with Gasteiger partial charge in [0.25, 0.3) is 0 Å². The SMILES string of the molecule is CC(C)(C)/C(=C\c1ccc(OCc2ccccc2)cc1)C(=O)O. The highest BCUT2D eigenvalue weighted by atomic mass is 16.5. The topological polar surface area (TPSA) is 46.5 Å². The molecule has 0 aliphatic carbocycles. The van der Waals surface area contributed by atoms with Crippen molar-refractivity contribution in [1.29, 1.82) is 0 Å². The number of carboxylic acid groups (broad SMARTS) is 1. The van der Waals surface area contributed by atoms with E-state index in [2.05, 4.69) is 0 Å². The maximum absolute atomic E-state index is 11.4. The van der Waals surface area contributed by atoms with Gasteiger partial charge in [0.1, 0.15) is 12.4 Å². The first kappa shape index (κ1) is 16.8. The minimum atomic E-state index is -0.887. The molecule has 0 aliphatic heterocycles. The second-order valence-electron chi connectivity index (χ2n) is 6.46. The monoisotopic (exact) mass is 310 g/mol. The molecule has 0 spiro atoms. The number of rotatable bonds is 5. The van der Waals surface area contributed by atoms with Gasteiger partial charge in [0, 0.05) is 5.57 Å². The van der Waals surface area contributed by atoms with Crippen molar-refractivity contribution in [3.8, 4) is 5.75 Å². The van der Waals surface area contributed by atoms with E-state index in [1.165, 1.54) is 0 Å². The molecule has 0 unspecified atom stereocenters. The summed E-state index contributed by atoms with van der Waals surface area (Å²) in [7, 11) is 0. The van der Waals surface area contributed by atoms with Gasteiger partial charge in [-0.15, -0.1) is 0 Å². The van der Waals surface area contributed by atoms with Crippen molar-refractivity contribution >= 4 is 12.0 Å². The third-order valence-electron chi connectivity index (χ3n) is 3.48. The van der Waals surface area contributed by atoms with Crippen LogP contribution in [0.2, 0.25) is 0 Å². The molecule has 0 atom stereocenters. The molecule has 0 bridgehead atoms. The number of ether oxygens (including phenoxy) is 1. The Morgan fingerprint density at radius 2 is 1.65 bits per heavy atom. The molecule has 0 aromatic heterocycles. The summed E-state index contributed by atoms with van der Waals surface area (Å²) in [4.78, 5) is 11.4. The molecule has 0 radical (unpaired) electrons. The van der Waals surface area contributed by atoms with Gasteiger partial charge in [0.15, 0.2) is 0 Å². The minimum absolute atomic E-state index is 0.385. The maximum atomic E-state index is 11.4. The molecular formula is C20H22O3. The van der Waals surface area contributed by atoms with Crippen molar-refractivity contribution in [3.63, 3.8) is 0 Å². The molecule has 2 rings (SSSR count). The van der Waals surface area contributed by atoms with E-state index < -0.39 is 11.4 Å². The Bertz CT molecular complexity index is 677. The zero-order chi connectivity index (χ0) is 16.9. The third-order valence-corrected chi connectivity index (χ3v) is 3.48. The Kier molecular flexibility index (Phi) is 5.22. The van der Waals surface area contributed by atoms with Gasteiger partial charge in [-0.1, -0.05) is 63.2 Å². The summed E-state index contributed by atoms with van der Waals surface area (Å²) in [6.45, 7) is 6.19. The molecule has 23 heavy (non-hydrogen) atoms. The molecule has 0 aliphatic rings. The van der Waals surface area contributed by atoms with Crippen LogP contribution in [-0.2, 0) is 11.4 Å². The lowest BCUT2D eigenvalue weighted by atomic mass is 9.85. The van der Waals surface area contributed by atoms with E-state index in [4.69, 9.17) is 4.74 Å². The van der Waals surface area contributed by atoms with E-state index in [9.17, 15) is 9.90 Å². The van der Waals surface area contributed by atoms with Gasteiger partial charge >= 0.3 is 5.97 Å². The van der Waals surface area contributed by atoms with Crippen molar-refractivity contribution in [2.75, 3.05) is 0 Å². The number of carboxylic acids is 1. The first-order valence-corrected chi connectivity index (χ1v) is 7.58. The smallest absolute Gasteiger partial charge is 0.332 e. The summed E-state index contributed by atoms with van der Waals surface area (Å²) >= 11 is 0. The molecule has 2 aromatic rings. The quantitative estimate of drug-likeness (QED) is 0.808. The fraction of sp³-hybridized carbons (Fsp3) is 0.250. The van der Waals surface area contributed by atoms with Crippen molar-refractivity contribution in [2.24, 2.45) is 5.41 Å². The Morgan fingerprint density at radius 1 is 1.04 bits per heavy atom. The number of benzene rings is 2. The molecule has 0 fully saturated rings. The fourth-order valence-electron chi connectivity index (χ4n) is 2.17. The highest BCUT2D eigenvalue weighted by Crippen LogP contribution is 2.28. The average molecular weight is 310 g/mol. The Hall–Kier alpha value is -2.55. The van der Waals surface area contributed by atoms with E-state index in [-0.39, 0.29) is 0 Å². The predicted molar refractivity (Wildman–Crippen MR) is 92.3 cm³/mol. The van der Waals surface area contributed by atoms with E-state index in [1.54, 1.807) is 6.08 Å². The van der Waals surface area contributed by atoms with E-state index in [1.807, 2.05) is 75.4 Å². The van der Waals surface area contributed by atoms with Crippen molar-refractivity contribution in [2.45, 2.75) is 27.4 Å². The van der Waals surface area contributed by atoms with Crippen LogP contribution in [0, 0.1) is 5.41 Å². The second-order valence-corrected chi connectivity index (χ2v) is 6.46. The summed E-state index contributed by atoms with van der Waals surface area (Å²) in [6, 6.07) is 17.4. The summed E-state index contributed by atoms with van der Waals surface area (Å²) < 4.78 is 5.73. The standard InChI is InChI=1S/C20H22O3/c1-20(2,3)18(19(21)22)13-15-9-11-17(12-10-15)23-14-16-7-5-4-6-8-16/h4-13H,14H2,1-3H3,(H,21,22)/b18-13-. The molecule has 0 saturated carbocycles. The van der Waals surface area contributed by atoms with Gasteiger partial charge in [-0.3, -0.25) is 0 Å². The molecule has 0 amide bonds. The van der Waals surface area contributed by atoms with Crippen molar-refractivity contribution in [3.05, 3.63) is 71.3 Å². The van der Waals surface area contributed by atoms with E-state index in [0.717, 1.165) is 16.9 Å². The van der Waals surface area contributed by atoms with E-state index >= 15 is 0 Å². The Morgan fingerprint density at radius 3 is 2.17 bits per heavy atom. The number of hydrogen-bond acceptors (Lipinski definition) is 2. The van der Waals surface area contributed by atoms with Crippen molar-refractivity contribution in [1.82, 2.24) is 0 Å². The zero-order valence-corrected chi connectivity index (χ0v) is 13.7. The van der Waals surface area contributed by atoms with Gasteiger partial charge < -0.3 is 9.84 Å². The van der Waals surface area contributed by atoms with Gasteiger partial charge in [-0.05, 0) is 34.8 Å². The summed E-state index contributed by atoms with van der Waals surface area (Å²) in [5.74, 6) is -0.124. The molecule has 2 aromatic carbocycles. The van der Waals surface area contributed by atoms with Crippen LogP contribution < -0.4 is 4.74 Å². The summed E-state index contributed by atoms with van der Waals surface area (Å²) in [5, 5.41) is 9.34. The molecule has 0 heterocycles. The zero-order valence-electron chi connectivity index (χ0n) is 13.7. The molecule has 0 saturated heterocycles. The van der Waals surface area contributed by atoms with Gasteiger partial charge in [0.05, 0.1) is 0 Å². The van der Waals surface area contributed by atoms with Crippen molar-refractivity contribution < 1.29 is 14.6 Å². The van der Waals surface area contributed by atoms with Gasteiger partial charge in [0.2, 0.25) is 0 Å². The minimum Gasteiger partial charge on any atom is -0.489 e. The second kappa shape index (κ2) is 7.14. The van der Waals surface area contributed by atoms with Crippen LogP contribution >= 0.6 is 0 Å². The fourth-order valence-corrected chi connectivity index (χ4v) is 2.17. The van der Waals surface area contributed by atoms with Crippen LogP contribution in [-0.4, -0.2) is 11.1 Å². The normalized spacial score (nSPS) is 12.0. The Balaban J connectivity index is 2.08. The highest BCUT2D eigenvalue weighted by Gasteiger charge is 2.23. The molecule has 3 nitrogen and oxygen atoms in total. The average Bonchev–Trinajstić information content (AvgIpc) is 2.51. The third kappa shape index (κ3) is 4.99. The Labute approximate surface area is 137 Å². The van der Waals surface area contributed by atoms with Gasteiger partial charge in [-0.25, -0.2) is 4.79 Å². The molecule has 1 N–H and O–H groups in total. The number of hydrogen-bond donors (Lipinski definition) is 1. The lowest BCUT2D eigenvalue weighted by Gasteiger charge is -2.19.